The van der Waals surface area contributed by atoms with E-state index in [1.54, 1.807) is 11.3 Å². The average molecular weight is 347 g/mol. The zero-order valence-corrected chi connectivity index (χ0v) is 12.9. The summed E-state index contributed by atoms with van der Waals surface area (Å²) >= 11 is 11.2. The largest absolute Gasteiger partial charge is 0.394 e. The van der Waals surface area contributed by atoms with E-state index in [4.69, 9.17) is 11.6 Å². The molecule has 1 atom stereocenters. The Hall–Kier alpha value is -0.550. The van der Waals surface area contributed by atoms with Gasteiger partial charge < -0.3 is 10.4 Å². The van der Waals surface area contributed by atoms with Gasteiger partial charge in [-0.1, -0.05) is 23.7 Å². The second kappa shape index (κ2) is 6.06. The number of aryl methyl sites for hydroxylation is 1. The van der Waals surface area contributed by atoms with Crippen molar-refractivity contribution < 1.29 is 5.11 Å². The summed E-state index contributed by atoms with van der Waals surface area (Å²) in [5, 5.41) is 13.4. The molecule has 1 aromatic carbocycles. The number of hydrogen-bond donors (Lipinski definition) is 2. The van der Waals surface area contributed by atoms with Gasteiger partial charge in [0.15, 0.2) is 0 Å². The first-order chi connectivity index (χ1) is 8.61. The molecular weight excluding hydrogens is 334 g/mol. The van der Waals surface area contributed by atoms with Crippen LogP contribution in [0.5, 0.6) is 0 Å². The monoisotopic (exact) mass is 345 g/mol. The van der Waals surface area contributed by atoms with E-state index in [2.05, 4.69) is 21.2 Å². The van der Waals surface area contributed by atoms with Crippen LogP contribution in [-0.2, 0) is 0 Å². The lowest BCUT2D eigenvalue weighted by Crippen LogP contribution is -2.13. The minimum atomic E-state index is -0.139. The standard InChI is InChI=1S/C13H13BrClNOS/c1-8-9(14)6-13(18-8)12(7-17)16-11-5-3-2-4-10(11)15/h2-6,12,16-17H,7H2,1H3. The number of aliphatic hydroxyl groups is 1. The van der Waals surface area contributed by atoms with E-state index in [0.29, 0.717) is 5.02 Å². The lowest BCUT2D eigenvalue weighted by Gasteiger charge is -2.17. The van der Waals surface area contributed by atoms with Gasteiger partial charge in [0.2, 0.25) is 0 Å². The van der Waals surface area contributed by atoms with Gasteiger partial charge in [0, 0.05) is 14.2 Å². The Kier molecular flexibility index (Phi) is 4.67. The summed E-state index contributed by atoms with van der Waals surface area (Å²) in [7, 11) is 0. The van der Waals surface area contributed by atoms with Crippen molar-refractivity contribution in [1.29, 1.82) is 0 Å². The molecule has 96 valence electrons. The highest BCUT2D eigenvalue weighted by atomic mass is 79.9. The fourth-order valence-electron chi connectivity index (χ4n) is 1.63. The molecule has 0 aliphatic rings. The molecule has 0 saturated carbocycles. The van der Waals surface area contributed by atoms with E-state index in [0.717, 1.165) is 15.0 Å². The Labute approximate surface area is 124 Å². The molecule has 0 aliphatic carbocycles. The third kappa shape index (κ3) is 3.06. The Bertz CT molecular complexity index is 524. The molecule has 0 fully saturated rings. The minimum absolute atomic E-state index is 0.0254. The van der Waals surface area contributed by atoms with Crippen molar-refractivity contribution in [3.63, 3.8) is 0 Å². The first-order valence-corrected chi connectivity index (χ1v) is 7.48. The molecule has 18 heavy (non-hydrogen) atoms. The normalized spacial score (nSPS) is 12.4. The van der Waals surface area contributed by atoms with Crippen molar-refractivity contribution in [3.05, 3.63) is 49.6 Å². The highest BCUT2D eigenvalue weighted by Gasteiger charge is 2.15. The number of benzene rings is 1. The number of rotatable bonds is 4. The summed E-state index contributed by atoms with van der Waals surface area (Å²) in [6.07, 6.45) is 0. The SMILES string of the molecule is Cc1sc(C(CO)Nc2ccccc2Cl)cc1Br. The van der Waals surface area contributed by atoms with Crippen molar-refractivity contribution in [3.8, 4) is 0 Å². The predicted octanol–water partition coefficient (Wildman–Crippen LogP) is 4.62. The van der Waals surface area contributed by atoms with Crippen LogP contribution >= 0.6 is 38.9 Å². The van der Waals surface area contributed by atoms with Crippen molar-refractivity contribution in [2.75, 3.05) is 11.9 Å². The zero-order valence-electron chi connectivity index (χ0n) is 9.78. The van der Waals surface area contributed by atoms with E-state index in [9.17, 15) is 5.11 Å². The van der Waals surface area contributed by atoms with Crippen LogP contribution < -0.4 is 5.32 Å². The number of halogens is 2. The molecule has 2 rings (SSSR count). The fraction of sp³-hybridized carbons (Fsp3) is 0.231. The molecular formula is C13H13BrClNOS. The lowest BCUT2D eigenvalue weighted by molar-refractivity contribution is 0.278. The lowest BCUT2D eigenvalue weighted by atomic mass is 10.2. The van der Waals surface area contributed by atoms with Crippen LogP contribution in [0.4, 0.5) is 5.69 Å². The smallest absolute Gasteiger partial charge is 0.0838 e. The van der Waals surface area contributed by atoms with Crippen LogP contribution in [0.3, 0.4) is 0 Å². The molecule has 1 unspecified atom stereocenters. The third-order valence-electron chi connectivity index (χ3n) is 2.61. The zero-order chi connectivity index (χ0) is 13.1. The molecule has 2 nitrogen and oxygen atoms in total. The van der Waals surface area contributed by atoms with Crippen LogP contribution in [0.1, 0.15) is 15.8 Å². The maximum atomic E-state index is 9.52. The van der Waals surface area contributed by atoms with Crippen LogP contribution in [0.15, 0.2) is 34.8 Å². The van der Waals surface area contributed by atoms with Crippen molar-refractivity contribution >= 4 is 44.6 Å². The highest BCUT2D eigenvalue weighted by Crippen LogP contribution is 2.33. The van der Waals surface area contributed by atoms with Gasteiger partial charge in [-0.15, -0.1) is 11.3 Å². The van der Waals surface area contributed by atoms with E-state index >= 15 is 0 Å². The van der Waals surface area contributed by atoms with Crippen molar-refractivity contribution in [2.24, 2.45) is 0 Å². The maximum Gasteiger partial charge on any atom is 0.0838 e. The predicted molar refractivity (Wildman–Crippen MR) is 81.7 cm³/mol. The Morgan fingerprint density at radius 3 is 2.72 bits per heavy atom. The van der Waals surface area contributed by atoms with Gasteiger partial charge in [0.25, 0.3) is 0 Å². The van der Waals surface area contributed by atoms with Gasteiger partial charge in [-0.25, -0.2) is 0 Å². The first-order valence-electron chi connectivity index (χ1n) is 5.49. The molecule has 0 amide bonds. The second-order valence-corrected chi connectivity index (χ2v) is 6.46. The molecule has 0 saturated heterocycles. The van der Waals surface area contributed by atoms with Gasteiger partial charge in [-0.3, -0.25) is 0 Å². The molecule has 2 N–H and O–H groups in total. The summed E-state index contributed by atoms with van der Waals surface area (Å²) in [5.41, 5.74) is 0.834. The topological polar surface area (TPSA) is 32.3 Å². The summed E-state index contributed by atoms with van der Waals surface area (Å²) in [6.45, 7) is 2.07. The number of para-hydroxylation sites is 1. The molecule has 0 aliphatic heterocycles. The molecule has 0 bridgehead atoms. The fourth-order valence-corrected chi connectivity index (χ4v) is 3.42. The van der Waals surface area contributed by atoms with Gasteiger partial charge in [0.1, 0.15) is 0 Å². The van der Waals surface area contributed by atoms with Crippen LogP contribution in [-0.4, -0.2) is 11.7 Å². The first kappa shape index (κ1) is 13.9. The van der Waals surface area contributed by atoms with E-state index in [1.807, 2.05) is 37.3 Å². The molecule has 0 radical (unpaired) electrons. The van der Waals surface area contributed by atoms with E-state index in [1.165, 1.54) is 4.88 Å². The molecule has 5 heteroatoms. The average Bonchev–Trinajstić information content (AvgIpc) is 2.68. The highest BCUT2D eigenvalue weighted by molar-refractivity contribution is 9.10. The number of nitrogens with one attached hydrogen (secondary N) is 1. The molecule has 1 aromatic heterocycles. The van der Waals surface area contributed by atoms with Crippen LogP contribution in [0.2, 0.25) is 5.02 Å². The third-order valence-corrected chi connectivity index (χ3v) is 5.19. The summed E-state index contributed by atoms with van der Waals surface area (Å²) in [4.78, 5) is 2.28. The quantitative estimate of drug-likeness (QED) is 0.847. The number of aliphatic hydroxyl groups excluding tert-OH is 1. The Morgan fingerprint density at radius 2 is 2.17 bits per heavy atom. The van der Waals surface area contributed by atoms with Gasteiger partial charge in [0.05, 0.1) is 23.4 Å². The van der Waals surface area contributed by atoms with Crippen molar-refractivity contribution in [1.82, 2.24) is 0 Å². The summed E-state index contributed by atoms with van der Waals surface area (Å²) in [6, 6.07) is 9.42. The maximum absolute atomic E-state index is 9.52. The number of anilines is 1. The van der Waals surface area contributed by atoms with Crippen molar-refractivity contribution in [2.45, 2.75) is 13.0 Å². The summed E-state index contributed by atoms with van der Waals surface area (Å²) < 4.78 is 1.07. The second-order valence-electron chi connectivity index (χ2n) is 3.91. The van der Waals surface area contributed by atoms with Crippen LogP contribution in [0.25, 0.3) is 0 Å². The van der Waals surface area contributed by atoms with E-state index < -0.39 is 0 Å². The van der Waals surface area contributed by atoms with Gasteiger partial charge >= 0.3 is 0 Å². The Morgan fingerprint density at radius 1 is 1.44 bits per heavy atom. The number of thiophene rings is 1. The van der Waals surface area contributed by atoms with Gasteiger partial charge in [-0.05, 0) is 41.1 Å². The number of hydrogen-bond acceptors (Lipinski definition) is 3. The van der Waals surface area contributed by atoms with E-state index in [-0.39, 0.29) is 12.6 Å². The Balaban J connectivity index is 2.22. The van der Waals surface area contributed by atoms with Gasteiger partial charge in [-0.2, -0.15) is 0 Å². The molecule has 2 aromatic rings. The summed E-state index contributed by atoms with van der Waals surface area (Å²) in [5.74, 6) is 0. The molecule has 0 spiro atoms. The van der Waals surface area contributed by atoms with Crippen LogP contribution in [0, 0.1) is 6.92 Å². The minimum Gasteiger partial charge on any atom is -0.394 e. The molecule has 1 heterocycles.